The number of rotatable bonds is 2. The number of hydrogen-bond donors (Lipinski definition) is 1. The summed E-state index contributed by atoms with van der Waals surface area (Å²) in [6, 6.07) is 0.109. The third kappa shape index (κ3) is 2.76. The van der Waals surface area contributed by atoms with Gasteiger partial charge in [-0.05, 0) is 31.7 Å². The van der Waals surface area contributed by atoms with E-state index >= 15 is 0 Å². The molecule has 0 aromatic carbocycles. The van der Waals surface area contributed by atoms with E-state index in [1.807, 2.05) is 0 Å². The fourth-order valence-electron chi connectivity index (χ4n) is 2.83. The Morgan fingerprint density at radius 2 is 2.19 bits per heavy atom. The molecule has 0 spiro atoms. The van der Waals surface area contributed by atoms with Crippen LogP contribution in [0.2, 0.25) is 0 Å². The zero-order valence-corrected chi connectivity index (χ0v) is 10.4. The largest absolute Gasteiger partial charge is 0.341 e. The number of hydrogen-bond acceptors (Lipinski definition) is 2. The van der Waals surface area contributed by atoms with Crippen LogP contribution in [-0.2, 0) is 4.79 Å². The van der Waals surface area contributed by atoms with Gasteiger partial charge in [0.1, 0.15) is 0 Å². The van der Waals surface area contributed by atoms with Gasteiger partial charge in [-0.15, -0.1) is 0 Å². The Kier molecular flexibility index (Phi) is 4.22. The van der Waals surface area contributed by atoms with Crippen LogP contribution < -0.4 is 5.32 Å². The number of carbonyl (C=O) groups excluding carboxylic acids is 1. The quantitative estimate of drug-likeness (QED) is 0.775. The van der Waals surface area contributed by atoms with Crippen molar-refractivity contribution in [1.29, 1.82) is 0 Å². The molecular formula is C13H24N2O. The van der Waals surface area contributed by atoms with Crippen LogP contribution in [0.5, 0.6) is 0 Å². The highest BCUT2D eigenvalue weighted by molar-refractivity contribution is 5.82. The maximum atomic E-state index is 12.3. The van der Waals surface area contributed by atoms with E-state index in [1.54, 1.807) is 0 Å². The van der Waals surface area contributed by atoms with Gasteiger partial charge in [-0.1, -0.05) is 26.2 Å². The predicted octanol–water partition coefficient (Wildman–Crippen LogP) is 1.78. The number of carbonyl (C=O) groups is 1. The summed E-state index contributed by atoms with van der Waals surface area (Å²) in [6.45, 7) is 5.22. The summed E-state index contributed by atoms with van der Waals surface area (Å²) in [5, 5.41) is 3.40. The van der Waals surface area contributed by atoms with Crippen LogP contribution in [0.4, 0.5) is 0 Å². The molecule has 2 atom stereocenters. The normalized spacial score (nSPS) is 31.4. The molecule has 2 fully saturated rings. The van der Waals surface area contributed by atoms with Gasteiger partial charge >= 0.3 is 0 Å². The van der Waals surface area contributed by atoms with Gasteiger partial charge < -0.3 is 10.2 Å². The van der Waals surface area contributed by atoms with Crippen molar-refractivity contribution in [2.45, 2.75) is 51.5 Å². The Morgan fingerprint density at radius 1 is 1.31 bits per heavy atom. The van der Waals surface area contributed by atoms with Gasteiger partial charge in [0.2, 0.25) is 5.91 Å². The summed E-state index contributed by atoms with van der Waals surface area (Å²) in [4.78, 5) is 14.4. The molecule has 2 aliphatic rings. The number of likely N-dealkylation sites (tertiary alicyclic amines) is 1. The zero-order chi connectivity index (χ0) is 11.4. The smallest absolute Gasteiger partial charge is 0.239 e. The number of amides is 1. The third-order valence-corrected chi connectivity index (χ3v) is 4.03. The predicted molar refractivity (Wildman–Crippen MR) is 65.2 cm³/mol. The maximum absolute atomic E-state index is 12.3. The number of nitrogens with one attached hydrogen (secondary N) is 1. The van der Waals surface area contributed by atoms with E-state index in [-0.39, 0.29) is 6.04 Å². The molecule has 3 heteroatoms. The van der Waals surface area contributed by atoms with Crippen LogP contribution in [-0.4, -0.2) is 36.5 Å². The van der Waals surface area contributed by atoms with Crippen molar-refractivity contribution >= 4 is 5.91 Å². The molecule has 0 aromatic heterocycles. The molecule has 0 bridgehead atoms. The van der Waals surface area contributed by atoms with Crippen molar-refractivity contribution in [2.75, 3.05) is 19.6 Å². The summed E-state index contributed by atoms with van der Waals surface area (Å²) in [5.41, 5.74) is 0. The molecule has 0 aliphatic carbocycles. The van der Waals surface area contributed by atoms with E-state index in [2.05, 4.69) is 17.1 Å². The average Bonchev–Trinajstić information content (AvgIpc) is 2.62. The van der Waals surface area contributed by atoms with Crippen molar-refractivity contribution in [3.63, 3.8) is 0 Å². The van der Waals surface area contributed by atoms with Crippen LogP contribution >= 0.6 is 0 Å². The first kappa shape index (κ1) is 11.9. The lowest BCUT2D eigenvalue weighted by Gasteiger charge is -2.23. The molecule has 2 aliphatic heterocycles. The van der Waals surface area contributed by atoms with Crippen molar-refractivity contribution in [3.8, 4) is 0 Å². The highest BCUT2D eigenvalue weighted by Crippen LogP contribution is 2.21. The average molecular weight is 224 g/mol. The SMILES string of the molecule is CCC1CCN(C(=O)C2CCCCCN2)C1. The highest BCUT2D eigenvalue weighted by atomic mass is 16.2. The molecule has 1 N–H and O–H groups in total. The van der Waals surface area contributed by atoms with Crippen molar-refractivity contribution < 1.29 is 4.79 Å². The first-order valence-corrected chi connectivity index (χ1v) is 6.83. The lowest BCUT2D eigenvalue weighted by atomic mass is 10.1. The molecule has 3 nitrogen and oxygen atoms in total. The fraction of sp³-hybridized carbons (Fsp3) is 0.923. The molecular weight excluding hydrogens is 200 g/mol. The van der Waals surface area contributed by atoms with Crippen molar-refractivity contribution in [1.82, 2.24) is 10.2 Å². The van der Waals surface area contributed by atoms with Crippen LogP contribution in [0.15, 0.2) is 0 Å². The Morgan fingerprint density at radius 3 is 2.94 bits per heavy atom. The van der Waals surface area contributed by atoms with E-state index in [0.29, 0.717) is 5.91 Å². The van der Waals surface area contributed by atoms with Gasteiger partial charge in [-0.25, -0.2) is 0 Å². The molecule has 2 unspecified atom stereocenters. The number of nitrogens with zero attached hydrogens (tertiary/aromatic N) is 1. The molecule has 2 rings (SSSR count). The minimum absolute atomic E-state index is 0.109. The Bertz CT molecular complexity index is 234. The lowest BCUT2D eigenvalue weighted by Crippen LogP contribution is -2.45. The molecule has 0 saturated carbocycles. The van der Waals surface area contributed by atoms with Gasteiger partial charge in [-0.3, -0.25) is 4.79 Å². The minimum atomic E-state index is 0.109. The molecule has 0 radical (unpaired) electrons. The molecule has 0 aromatic rings. The van der Waals surface area contributed by atoms with Crippen LogP contribution in [0.25, 0.3) is 0 Å². The van der Waals surface area contributed by atoms with E-state index in [4.69, 9.17) is 0 Å². The van der Waals surface area contributed by atoms with Gasteiger partial charge in [0.15, 0.2) is 0 Å². The second-order valence-corrected chi connectivity index (χ2v) is 5.20. The second-order valence-electron chi connectivity index (χ2n) is 5.20. The first-order chi connectivity index (χ1) is 7.81. The van der Waals surface area contributed by atoms with Crippen molar-refractivity contribution in [2.24, 2.45) is 5.92 Å². The summed E-state index contributed by atoms with van der Waals surface area (Å²) < 4.78 is 0. The van der Waals surface area contributed by atoms with Crippen molar-refractivity contribution in [3.05, 3.63) is 0 Å². The summed E-state index contributed by atoms with van der Waals surface area (Å²) in [5.74, 6) is 1.10. The Labute approximate surface area is 98.6 Å². The Hall–Kier alpha value is -0.570. The fourth-order valence-corrected chi connectivity index (χ4v) is 2.83. The lowest BCUT2D eigenvalue weighted by molar-refractivity contribution is -0.132. The molecule has 1 amide bonds. The molecule has 16 heavy (non-hydrogen) atoms. The van der Waals surface area contributed by atoms with E-state index in [0.717, 1.165) is 32.0 Å². The monoisotopic (exact) mass is 224 g/mol. The summed E-state index contributed by atoms with van der Waals surface area (Å²) >= 11 is 0. The first-order valence-electron chi connectivity index (χ1n) is 6.83. The minimum Gasteiger partial charge on any atom is -0.341 e. The zero-order valence-electron chi connectivity index (χ0n) is 10.4. The topological polar surface area (TPSA) is 32.3 Å². The van der Waals surface area contributed by atoms with Crippen LogP contribution in [0.3, 0.4) is 0 Å². The standard InChI is InChI=1S/C13H24N2O/c1-2-11-7-9-15(10-11)13(16)12-6-4-3-5-8-14-12/h11-12,14H,2-10H2,1H3. The van der Waals surface area contributed by atoms with Crippen LogP contribution in [0, 0.1) is 5.92 Å². The molecule has 92 valence electrons. The molecule has 2 heterocycles. The van der Waals surface area contributed by atoms with E-state index in [9.17, 15) is 4.79 Å². The van der Waals surface area contributed by atoms with Gasteiger partial charge in [0.05, 0.1) is 6.04 Å². The summed E-state index contributed by atoms with van der Waals surface area (Å²) in [7, 11) is 0. The highest BCUT2D eigenvalue weighted by Gasteiger charge is 2.30. The maximum Gasteiger partial charge on any atom is 0.239 e. The third-order valence-electron chi connectivity index (χ3n) is 4.03. The van der Waals surface area contributed by atoms with E-state index < -0.39 is 0 Å². The van der Waals surface area contributed by atoms with E-state index in [1.165, 1.54) is 32.1 Å². The summed E-state index contributed by atoms with van der Waals surface area (Å²) in [6.07, 6.45) is 7.15. The Balaban J connectivity index is 1.86. The van der Waals surface area contributed by atoms with Gasteiger partial charge in [-0.2, -0.15) is 0 Å². The van der Waals surface area contributed by atoms with Gasteiger partial charge in [0, 0.05) is 13.1 Å². The van der Waals surface area contributed by atoms with Crippen LogP contribution in [0.1, 0.15) is 45.4 Å². The second kappa shape index (κ2) is 5.67. The molecule has 2 saturated heterocycles. The van der Waals surface area contributed by atoms with Gasteiger partial charge in [0.25, 0.3) is 0 Å².